The van der Waals surface area contributed by atoms with Crippen molar-refractivity contribution >= 4 is 32.3 Å². The van der Waals surface area contributed by atoms with Crippen LogP contribution in [0.5, 0.6) is 0 Å². The van der Waals surface area contributed by atoms with Crippen LogP contribution in [0.25, 0.3) is 0 Å². The number of hydrogen-bond acceptors (Lipinski definition) is 7. The molecule has 0 unspecified atom stereocenters. The minimum absolute atomic E-state index is 0.226. The summed E-state index contributed by atoms with van der Waals surface area (Å²) < 4.78 is 27.4. The second kappa shape index (κ2) is 8.47. The monoisotopic (exact) mass is 407 g/mol. The van der Waals surface area contributed by atoms with Gasteiger partial charge in [-0.05, 0) is 19.0 Å². The fourth-order valence-electron chi connectivity index (χ4n) is 3.10. The molecule has 2 N–H and O–H groups in total. The lowest BCUT2D eigenvalue weighted by Crippen LogP contribution is -2.48. The number of piperazine rings is 1. The average molecular weight is 408 g/mol. The molecular weight excluding hydrogens is 384 g/mol. The van der Waals surface area contributed by atoms with E-state index in [4.69, 9.17) is 5.73 Å². The Kier molecular flexibility index (Phi) is 6.25. The molecule has 9 heteroatoms. The molecule has 0 bridgehead atoms. The number of likely N-dealkylation sites (N-methyl/N-ethyl adjacent to an activating group) is 1. The molecule has 0 spiro atoms. The molecule has 1 saturated heterocycles. The smallest absolute Gasteiger partial charge is 0.214 e. The third-order valence-corrected chi connectivity index (χ3v) is 7.43. The fraction of sp³-hybridized carbons (Fsp3) is 0.444. The average Bonchev–Trinajstić information content (AvgIpc) is 3.08. The van der Waals surface area contributed by atoms with E-state index in [0.29, 0.717) is 32.6 Å². The topological polar surface area (TPSA) is 96.6 Å². The first kappa shape index (κ1) is 19.9. The highest BCUT2D eigenvalue weighted by molar-refractivity contribution is 7.89. The molecule has 1 aliphatic heterocycles. The quantitative estimate of drug-likeness (QED) is 0.692. The number of ketones is 1. The molecule has 2 heterocycles. The number of thiazole rings is 1. The van der Waals surface area contributed by atoms with Gasteiger partial charge >= 0.3 is 0 Å². The Morgan fingerprint density at radius 2 is 1.93 bits per heavy atom. The maximum Gasteiger partial charge on any atom is 0.214 e. The highest BCUT2D eigenvalue weighted by Crippen LogP contribution is 2.23. The van der Waals surface area contributed by atoms with Crippen LogP contribution in [0, 0.1) is 12.1 Å². The molecule has 1 aliphatic rings. The third kappa shape index (κ3) is 5.13. The molecule has 0 aliphatic carbocycles. The van der Waals surface area contributed by atoms with Gasteiger partial charge in [-0.25, -0.2) is 13.4 Å². The van der Waals surface area contributed by atoms with E-state index >= 15 is 0 Å². The Labute approximate surface area is 163 Å². The van der Waals surface area contributed by atoms with E-state index in [1.165, 1.54) is 4.31 Å². The number of benzene rings is 1. The van der Waals surface area contributed by atoms with Crippen molar-refractivity contribution in [3.05, 3.63) is 47.0 Å². The predicted octanol–water partition coefficient (Wildman–Crippen LogP) is 1.14. The van der Waals surface area contributed by atoms with Crippen molar-refractivity contribution in [3.63, 3.8) is 0 Å². The van der Waals surface area contributed by atoms with Crippen LogP contribution in [0.4, 0.5) is 5.13 Å². The number of nitrogens with two attached hydrogens (primary N) is 1. The maximum absolute atomic E-state index is 13.0. The van der Waals surface area contributed by atoms with Gasteiger partial charge in [-0.2, -0.15) is 4.31 Å². The summed E-state index contributed by atoms with van der Waals surface area (Å²) in [6.07, 6.45) is 2.97. The lowest BCUT2D eigenvalue weighted by atomic mass is 9.96. The lowest BCUT2D eigenvalue weighted by molar-refractivity contribution is 0.0933. The highest BCUT2D eigenvalue weighted by atomic mass is 32.2. The molecule has 1 aromatic heterocycles. The second-order valence-corrected chi connectivity index (χ2v) is 9.77. The van der Waals surface area contributed by atoms with Gasteiger partial charge in [-0.15, -0.1) is 0 Å². The van der Waals surface area contributed by atoms with Gasteiger partial charge in [0.25, 0.3) is 0 Å². The zero-order valence-corrected chi connectivity index (χ0v) is 16.8. The summed E-state index contributed by atoms with van der Waals surface area (Å²) in [6.45, 7) is 2.28. The molecule has 3 rings (SSSR count). The number of Topliss-reactive ketones (excluding diaryl/α,β-unsaturated/α-hetero) is 1. The first-order valence-corrected chi connectivity index (χ1v) is 11.2. The summed E-state index contributed by atoms with van der Waals surface area (Å²) >= 11 is 1.04. The summed E-state index contributed by atoms with van der Waals surface area (Å²) in [6, 6.07) is 9.44. The van der Waals surface area contributed by atoms with Crippen molar-refractivity contribution in [2.45, 2.75) is 6.42 Å². The number of sulfonamides is 1. The van der Waals surface area contributed by atoms with Crippen LogP contribution < -0.4 is 5.73 Å². The van der Waals surface area contributed by atoms with Crippen LogP contribution in [0.15, 0.2) is 30.3 Å². The fourth-order valence-corrected chi connectivity index (χ4v) is 5.47. The van der Waals surface area contributed by atoms with E-state index in [2.05, 4.69) is 16.1 Å². The van der Waals surface area contributed by atoms with Crippen molar-refractivity contribution in [2.24, 2.45) is 5.92 Å². The Balaban J connectivity index is 1.81. The normalized spacial score (nSPS) is 17.7. The zero-order chi connectivity index (χ0) is 19.4. The first-order chi connectivity index (χ1) is 12.8. The molecule has 2 aromatic rings. The number of anilines is 1. The maximum atomic E-state index is 13.0. The van der Waals surface area contributed by atoms with Crippen molar-refractivity contribution < 1.29 is 13.2 Å². The van der Waals surface area contributed by atoms with Gasteiger partial charge in [0, 0.05) is 32.1 Å². The minimum atomic E-state index is -3.55. The van der Waals surface area contributed by atoms with Crippen molar-refractivity contribution in [2.75, 3.05) is 44.7 Å². The lowest BCUT2D eigenvalue weighted by Gasteiger charge is -2.32. The van der Waals surface area contributed by atoms with Crippen molar-refractivity contribution in [3.8, 4) is 0 Å². The van der Waals surface area contributed by atoms with Crippen LogP contribution in [-0.4, -0.2) is 67.4 Å². The van der Waals surface area contributed by atoms with E-state index in [-0.39, 0.29) is 21.5 Å². The third-order valence-electron chi connectivity index (χ3n) is 4.66. The van der Waals surface area contributed by atoms with Gasteiger partial charge in [-0.3, -0.25) is 4.79 Å². The summed E-state index contributed by atoms with van der Waals surface area (Å²) in [5, 5.41) is 0.249. The van der Waals surface area contributed by atoms with E-state index < -0.39 is 15.9 Å². The van der Waals surface area contributed by atoms with E-state index in [1.54, 1.807) is 0 Å². The molecule has 1 fully saturated rings. The van der Waals surface area contributed by atoms with Crippen molar-refractivity contribution in [1.82, 2.24) is 14.2 Å². The molecular formula is C18H23N4O3S2. The van der Waals surface area contributed by atoms with Crippen LogP contribution in [0.1, 0.15) is 15.2 Å². The first-order valence-electron chi connectivity index (χ1n) is 8.73. The van der Waals surface area contributed by atoms with Gasteiger partial charge in [0.2, 0.25) is 10.0 Å². The Hall–Kier alpha value is -1.81. The number of nitrogen functional groups attached to an aromatic ring is 1. The predicted molar refractivity (Wildman–Crippen MR) is 106 cm³/mol. The Morgan fingerprint density at radius 1 is 1.26 bits per heavy atom. The molecule has 1 radical (unpaired) electrons. The van der Waals surface area contributed by atoms with Crippen LogP contribution in [0.3, 0.4) is 0 Å². The van der Waals surface area contributed by atoms with Crippen LogP contribution in [-0.2, 0) is 16.4 Å². The number of carbonyl (C=O) groups excluding carboxylic acids is 1. The van der Waals surface area contributed by atoms with Crippen LogP contribution >= 0.6 is 11.3 Å². The molecule has 7 nitrogen and oxygen atoms in total. The van der Waals surface area contributed by atoms with Crippen LogP contribution in [0.2, 0.25) is 0 Å². The van der Waals surface area contributed by atoms with Gasteiger partial charge in [0.05, 0.1) is 5.75 Å². The molecule has 1 aromatic carbocycles. The Morgan fingerprint density at radius 3 is 2.52 bits per heavy atom. The SMILES string of the molecule is CN1CCN(S(=O)(=O)C[C@H](Cc2ccccc2)C(=O)c2[c]nc(N)s2)CC1. The van der Waals surface area contributed by atoms with E-state index in [0.717, 1.165) is 16.9 Å². The van der Waals surface area contributed by atoms with Gasteiger partial charge < -0.3 is 10.6 Å². The van der Waals surface area contributed by atoms with Crippen molar-refractivity contribution in [1.29, 1.82) is 0 Å². The second-order valence-electron chi connectivity index (χ2n) is 6.72. The molecule has 27 heavy (non-hydrogen) atoms. The Bertz CT molecular complexity index is 875. The zero-order valence-electron chi connectivity index (χ0n) is 15.2. The number of aromatic nitrogens is 1. The minimum Gasteiger partial charge on any atom is -0.375 e. The van der Waals surface area contributed by atoms with E-state index in [1.807, 2.05) is 37.4 Å². The van der Waals surface area contributed by atoms with E-state index in [9.17, 15) is 13.2 Å². The molecule has 0 saturated carbocycles. The number of hydrogen-bond donors (Lipinski definition) is 1. The largest absolute Gasteiger partial charge is 0.375 e. The summed E-state index contributed by atoms with van der Waals surface area (Å²) in [7, 11) is -1.58. The highest BCUT2D eigenvalue weighted by Gasteiger charge is 2.33. The number of rotatable bonds is 7. The van der Waals surface area contributed by atoms with Gasteiger partial charge in [0.1, 0.15) is 11.1 Å². The summed E-state index contributed by atoms with van der Waals surface area (Å²) in [4.78, 5) is 19.1. The number of carbonyl (C=O) groups is 1. The molecule has 145 valence electrons. The summed E-state index contributed by atoms with van der Waals surface area (Å²) in [5.41, 5.74) is 6.54. The standard InChI is InChI=1S/C18H23N4O3S2/c1-21-7-9-22(10-8-21)27(24,25)13-15(11-14-5-3-2-4-6-14)17(23)16-12-20-18(19)26-16/h2-6,15H,7-11,13H2,1H3,(H2,19,20)/t15-/m0/s1. The number of nitrogens with zero attached hydrogens (tertiary/aromatic N) is 3. The van der Waals surface area contributed by atoms with Gasteiger partial charge in [-0.1, -0.05) is 41.7 Å². The molecule has 1 atom stereocenters. The summed E-state index contributed by atoms with van der Waals surface area (Å²) in [5.74, 6) is -1.20. The molecule has 0 amide bonds. The van der Waals surface area contributed by atoms with Gasteiger partial charge in [0.15, 0.2) is 10.9 Å².